The number of aliphatic hydroxyl groups excluding tert-OH is 1. The van der Waals surface area contributed by atoms with Crippen molar-refractivity contribution in [2.45, 2.75) is 19.4 Å². The van der Waals surface area contributed by atoms with E-state index in [1.54, 1.807) is 6.92 Å². The number of nitrogens with one attached hydrogen (secondary N) is 1. The van der Waals surface area contributed by atoms with Crippen LogP contribution >= 0.6 is 11.6 Å². The van der Waals surface area contributed by atoms with Gasteiger partial charge in [0.15, 0.2) is 0 Å². The van der Waals surface area contributed by atoms with Gasteiger partial charge in [-0.25, -0.2) is 0 Å². The van der Waals surface area contributed by atoms with Crippen LogP contribution in [0.25, 0.3) is 0 Å². The van der Waals surface area contributed by atoms with E-state index in [0.29, 0.717) is 18.8 Å². The SMILES string of the molecule is CC(O)CNC(=O)CCCl. The second-order valence-electron chi connectivity index (χ2n) is 2.09. The van der Waals surface area contributed by atoms with E-state index in [2.05, 4.69) is 5.32 Å². The summed E-state index contributed by atoms with van der Waals surface area (Å²) in [7, 11) is 0. The van der Waals surface area contributed by atoms with E-state index >= 15 is 0 Å². The lowest BCUT2D eigenvalue weighted by atomic mass is 10.4. The lowest BCUT2D eigenvalue weighted by molar-refractivity contribution is -0.121. The number of carbonyl (C=O) groups excluding carboxylic acids is 1. The fraction of sp³-hybridized carbons (Fsp3) is 0.833. The monoisotopic (exact) mass is 165 g/mol. The van der Waals surface area contributed by atoms with Crippen LogP contribution in [0.15, 0.2) is 0 Å². The van der Waals surface area contributed by atoms with Gasteiger partial charge in [0, 0.05) is 18.8 Å². The molecule has 0 aliphatic carbocycles. The highest BCUT2D eigenvalue weighted by Gasteiger charge is 2.00. The van der Waals surface area contributed by atoms with E-state index in [1.807, 2.05) is 0 Å². The van der Waals surface area contributed by atoms with Gasteiger partial charge >= 0.3 is 0 Å². The lowest BCUT2D eigenvalue weighted by Gasteiger charge is -2.04. The van der Waals surface area contributed by atoms with Gasteiger partial charge in [-0.15, -0.1) is 11.6 Å². The molecule has 0 saturated carbocycles. The summed E-state index contributed by atoms with van der Waals surface area (Å²) in [4.78, 5) is 10.6. The second kappa shape index (κ2) is 5.50. The number of aliphatic hydroxyl groups is 1. The van der Waals surface area contributed by atoms with Crippen LogP contribution < -0.4 is 5.32 Å². The van der Waals surface area contributed by atoms with Crippen LogP contribution in [-0.2, 0) is 4.79 Å². The summed E-state index contributed by atoms with van der Waals surface area (Å²) in [5, 5.41) is 11.2. The summed E-state index contributed by atoms with van der Waals surface area (Å²) < 4.78 is 0. The molecule has 4 heteroatoms. The first kappa shape index (κ1) is 9.72. The molecule has 3 nitrogen and oxygen atoms in total. The number of alkyl halides is 1. The van der Waals surface area contributed by atoms with Crippen LogP contribution in [0.1, 0.15) is 13.3 Å². The maximum absolute atomic E-state index is 10.6. The standard InChI is InChI=1S/C6H12ClNO2/c1-5(9)4-8-6(10)2-3-7/h5,9H,2-4H2,1H3,(H,8,10). The quantitative estimate of drug-likeness (QED) is 0.581. The van der Waals surface area contributed by atoms with Crippen LogP contribution in [0.5, 0.6) is 0 Å². The molecule has 2 N–H and O–H groups in total. The van der Waals surface area contributed by atoms with Crippen molar-refractivity contribution in [3.63, 3.8) is 0 Å². The van der Waals surface area contributed by atoms with Crippen LogP contribution in [0.4, 0.5) is 0 Å². The predicted octanol–water partition coefficient (Wildman–Crippen LogP) is 0.112. The minimum Gasteiger partial charge on any atom is -0.392 e. The second-order valence-corrected chi connectivity index (χ2v) is 2.47. The largest absolute Gasteiger partial charge is 0.392 e. The van der Waals surface area contributed by atoms with Crippen molar-refractivity contribution in [2.75, 3.05) is 12.4 Å². The van der Waals surface area contributed by atoms with Crippen molar-refractivity contribution in [3.8, 4) is 0 Å². The highest BCUT2D eigenvalue weighted by molar-refractivity contribution is 6.18. The predicted molar refractivity (Wildman–Crippen MR) is 40.0 cm³/mol. The van der Waals surface area contributed by atoms with Crippen LogP contribution in [0, 0.1) is 0 Å². The fourth-order valence-electron chi connectivity index (χ4n) is 0.436. The highest BCUT2D eigenvalue weighted by atomic mass is 35.5. The zero-order valence-corrected chi connectivity index (χ0v) is 6.69. The number of amides is 1. The third kappa shape index (κ3) is 5.85. The van der Waals surface area contributed by atoms with Crippen molar-refractivity contribution >= 4 is 17.5 Å². The Hall–Kier alpha value is -0.280. The Morgan fingerprint density at radius 3 is 2.80 bits per heavy atom. The molecule has 0 bridgehead atoms. The zero-order chi connectivity index (χ0) is 7.98. The zero-order valence-electron chi connectivity index (χ0n) is 5.93. The minimum atomic E-state index is -0.487. The number of rotatable bonds is 4. The minimum absolute atomic E-state index is 0.115. The van der Waals surface area contributed by atoms with E-state index in [1.165, 1.54) is 0 Å². The van der Waals surface area contributed by atoms with Crippen LogP contribution in [0.2, 0.25) is 0 Å². The molecular formula is C6H12ClNO2. The summed E-state index contributed by atoms with van der Waals surface area (Å²) in [6.07, 6.45) is -0.173. The summed E-state index contributed by atoms with van der Waals surface area (Å²) in [5.41, 5.74) is 0. The molecule has 1 amide bonds. The Morgan fingerprint density at radius 1 is 1.80 bits per heavy atom. The maximum atomic E-state index is 10.6. The molecule has 1 unspecified atom stereocenters. The smallest absolute Gasteiger partial charge is 0.221 e. The molecule has 0 spiro atoms. The van der Waals surface area contributed by atoms with E-state index < -0.39 is 6.10 Å². The molecule has 60 valence electrons. The van der Waals surface area contributed by atoms with Gasteiger partial charge in [-0.05, 0) is 6.92 Å². The van der Waals surface area contributed by atoms with Gasteiger partial charge in [0.2, 0.25) is 5.91 Å². The molecule has 10 heavy (non-hydrogen) atoms. The van der Waals surface area contributed by atoms with Crippen LogP contribution in [0.3, 0.4) is 0 Å². The van der Waals surface area contributed by atoms with Gasteiger partial charge < -0.3 is 10.4 Å². The number of carbonyl (C=O) groups is 1. The average Bonchev–Trinajstić information content (AvgIpc) is 1.85. The molecule has 0 heterocycles. The molecule has 0 aromatic carbocycles. The third-order valence-corrected chi connectivity index (χ3v) is 1.11. The van der Waals surface area contributed by atoms with Crippen LogP contribution in [-0.4, -0.2) is 29.5 Å². The number of hydrogen-bond donors (Lipinski definition) is 2. The first-order chi connectivity index (χ1) is 4.66. The molecule has 0 aliphatic heterocycles. The Kier molecular flexibility index (Phi) is 5.35. The van der Waals surface area contributed by atoms with E-state index in [0.717, 1.165) is 0 Å². The first-order valence-electron chi connectivity index (χ1n) is 3.17. The molecule has 0 rings (SSSR count). The number of hydrogen-bond acceptors (Lipinski definition) is 2. The van der Waals surface area contributed by atoms with E-state index in [-0.39, 0.29) is 5.91 Å². The normalized spacial score (nSPS) is 12.7. The summed E-state index contributed by atoms with van der Waals surface area (Å²) in [6, 6.07) is 0. The molecule has 0 aromatic rings. The molecule has 1 atom stereocenters. The summed E-state index contributed by atoms with van der Waals surface area (Å²) in [6.45, 7) is 1.91. The average molecular weight is 166 g/mol. The van der Waals surface area contributed by atoms with Gasteiger partial charge in [-0.1, -0.05) is 0 Å². The molecule has 0 radical (unpaired) electrons. The lowest BCUT2D eigenvalue weighted by Crippen LogP contribution is -2.30. The van der Waals surface area contributed by atoms with Gasteiger partial charge in [-0.3, -0.25) is 4.79 Å². The summed E-state index contributed by atoms with van der Waals surface area (Å²) in [5.74, 6) is 0.210. The van der Waals surface area contributed by atoms with Gasteiger partial charge in [0.1, 0.15) is 0 Å². The molecule has 0 aliphatic rings. The van der Waals surface area contributed by atoms with Gasteiger partial charge in [0.05, 0.1) is 6.10 Å². The first-order valence-corrected chi connectivity index (χ1v) is 3.71. The molecule has 0 aromatic heterocycles. The molecule has 0 fully saturated rings. The summed E-state index contributed by atoms with van der Waals surface area (Å²) >= 11 is 5.29. The van der Waals surface area contributed by atoms with Crippen molar-refractivity contribution < 1.29 is 9.90 Å². The highest BCUT2D eigenvalue weighted by Crippen LogP contribution is 1.84. The van der Waals surface area contributed by atoms with Crippen molar-refractivity contribution in [1.82, 2.24) is 5.32 Å². The molecular weight excluding hydrogens is 154 g/mol. The fourth-order valence-corrected chi connectivity index (χ4v) is 0.607. The van der Waals surface area contributed by atoms with Gasteiger partial charge in [0.25, 0.3) is 0 Å². The van der Waals surface area contributed by atoms with Crippen molar-refractivity contribution in [2.24, 2.45) is 0 Å². The Labute approximate surface area is 65.4 Å². The van der Waals surface area contributed by atoms with E-state index in [4.69, 9.17) is 16.7 Å². The maximum Gasteiger partial charge on any atom is 0.221 e. The van der Waals surface area contributed by atoms with Crippen molar-refractivity contribution in [1.29, 1.82) is 0 Å². The Bertz CT molecular complexity index is 106. The van der Waals surface area contributed by atoms with Crippen molar-refractivity contribution in [3.05, 3.63) is 0 Å². The third-order valence-electron chi connectivity index (χ3n) is 0.916. The van der Waals surface area contributed by atoms with Gasteiger partial charge in [-0.2, -0.15) is 0 Å². The Balaban J connectivity index is 3.22. The Morgan fingerprint density at radius 2 is 2.40 bits per heavy atom. The van der Waals surface area contributed by atoms with E-state index in [9.17, 15) is 4.79 Å². The number of halogens is 1. The topological polar surface area (TPSA) is 49.3 Å². The molecule has 0 saturated heterocycles.